The first-order chi connectivity index (χ1) is 18.7. The molecule has 4 aromatic rings. The predicted octanol–water partition coefficient (Wildman–Crippen LogP) is 7.18. The third kappa shape index (κ3) is 6.70. The number of nitrogens with zero attached hydrogens (tertiary/aromatic N) is 2. The third-order valence-electron chi connectivity index (χ3n) is 7.08. The van der Waals surface area contributed by atoms with Gasteiger partial charge in [-0.25, -0.2) is 4.79 Å². The van der Waals surface area contributed by atoms with Gasteiger partial charge in [0.05, 0.1) is 5.56 Å². The van der Waals surface area contributed by atoms with Gasteiger partial charge in [0.2, 0.25) is 0 Å². The van der Waals surface area contributed by atoms with Crippen molar-refractivity contribution in [3.05, 3.63) is 102 Å². The lowest BCUT2D eigenvalue weighted by Crippen LogP contribution is -2.47. The van der Waals surface area contributed by atoms with Crippen molar-refractivity contribution in [3.8, 4) is 0 Å². The van der Waals surface area contributed by atoms with Gasteiger partial charge >= 0.3 is 12.2 Å². The molecule has 1 saturated heterocycles. The molecule has 0 aliphatic carbocycles. The number of rotatable bonds is 6. The average molecular weight is 533 g/mol. The fraction of sp³-hybridized carbons (Fsp3) is 0.258. The van der Waals surface area contributed by atoms with Crippen molar-refractivity contribution in [2.24, 2.45) is 0 Å². The molecule has 2 N–H and O–H groups in total. The molecule has 0 aromatic heterocycles. The Balaban J connectivity index is 1.13. The van der Waals surface area contributed by atoms with Crippen LogP contribution in [0.3, 0.4) is 0 Å². The van der Waals surface area contributed by atoms with Gasteiger partial charge in [0.15, 0.2) is 0 Å². The highest BCUT2D eigenvalue weighted by Crippen LogP contribution is 2.31. The molecule has 202 valence electrons. The topological polar surface area (TPSA) is 47.6 Å². The maximum atomic E-state index is 12.9. The molecule has 0 spiro atoms. The second-order valence-electron chi connectivity index (χ2n) is 9.94. The van der Waals surface area contributed by atoms with Crippen molar-refractivity contribution in [2.45, 2.75) is 19.5 Å². The molecule has 0 saturated carbocycles. The number of anilines is 3. The van der Waals surface area contributed by atoms with Gasteiger partial charge in [0, 0.05) is 55.2 Å². The second-order valence-corrected chi connectivity index (χ2v) is 9.94. The first-order valence-electron chi connectivity index (χ1n) is 13.1. The van der Waals surface area contributed by atoms with Crippen molar-refractivity contribution in [3.63, 3.8) is 0 Å². The minimum Gasteiger partial charge on any atom is -0.368 e. The molecule has 5 nitrogen and oxygen atoms in total. The van der Waals surface area contributed by atoms with E-state index in [4.69, 9.17) is 0 Å². The third-order valence-corrected chi connectivity index (χ3v) is 7.08. The van der Waals surface area contributed by atoms with Crippen molar-refractivity contribution in [1.29, 1.82) is 0 Å². The van der Waals surface area contributed by atoms with Gasteiger partial charge in [-0.15, -0.1) is 0 Å². The van der Waals surface area contributed by atoms with Crippen LogP contribution in [0.25, 0.3) is 10.8 Å². The fourth-order valence-corrected chi connectivity index (χ4v) is 5.03. The Morgan fingerprint density at radius 3 is 2.26 bits per heavy atom. The normalized spacial score (nSPS) is 14.4. The monoisotopic (exact) mass is 532 g/mol. The SMILES string of the molecule is Cc1ccc2c(N3CCN(CCc4cccc(NC(=O)Nc5cccc(C(F)(F)F)c5)c4)CC3)cccc2c1. The summed E-state index contributed by atoms with van der Waals surface area (Å²) in [5.41, 5.74) is 3.49. The molecule has 2 amide bonds. The average Bonchev–Trinajstić information content (AvgIpc) is 2.91. The van der Waals surface area contributed by atoms with E-state index in [1.54, 1.807) is 6.07 Å². The maximum absolute atomic E-state index is 12.9. The van der Waals surface area contributed by atoms with Gasteiger partial charge in [0.1, 0.15) is 0 Å². The number of fused-ring (bicyclic) bond motifs is 1. The van der Waals surface area contributed by atoms with Gasteiger partial charge in [-0.2, -0.15) is 13.2 Å². The van der Waals surface area contributed by atoms with Crippen LogP contribution in [0.5, 0.6) is 0 Å². The number of piperazine rings is 1. The van der Waals surface area contributed by atoms with Crippen molar-refractivity contribution in [2.75, 3.05) is 48.3 Å². The van der Waals surface area contributed by atoms with E-state index in [-0.39, 0.29) is 5.69 Å². The summed E-state index contributed by atoms with van der Waals surface area (Å²) in [7, 11) is 0. The van der Waals surface area contributed by atoms with E-state index in [1.807, 2.05) is 18.2 Å². The van der Waals surface area contributed by atoms with Gasteiger partial charge < -0.3 is 15.5 Å². The Kier molecular flexibility index (Phi) is 7.74. The molecule has 39 heavy (non-hydrogen) atoms. The number of benzene rings is 4. The van der Waals surface area contributed by atoms with E-state index in [2.05, 4.69) is 63.8 Å². The summed E-state index contributed by atoms with van der Waals surface area (Å²) >= 11 is 0. The Morgan fingerprint density at radius 2 is 1.51 bits per heavy atom. The van der Waals surface area contributed by atoms with E-state index < -0.39 is 17.8 Å². The first-order valence-corrected chi connectivity index (χ1v) is 13.1. The van der Waals surface area contributed by atoms with Gasteiger partial charge in [-0.3, -0.25) is 4.90 Å². The number of amides is 2. The summed E-state index contributed by atoms with van der Waals surface area (Å²) in [4.78, 5) is 17.3. The van der Waals surface area contributed by atoms with Crippen LogP contribution in [-0.2, 0) is 12.6 Å². The summed E-state index contributed by atoms with van der Waals surface area (Å²) in [6, 6.07) is 24.6. The highest BCUT2D eigenvalue weighted by molar-refractivity contribution is 5.99. The Morgan fingerprint density at radius 1 is 0.821 bits per heavy atom. The Labute approximate surface area is 226 Å². The zero-order valence-electron chi connectivity index (χ0n) is 21.8. The van der Waals surface area contributed by atoms with Crippen LogP contribution < -0.4 is 15.5 Å². The largest absolute Gasteiger partial charge is 0.416 e. The van der Waals surface area contributed by atoms with E-state index in [0.717, 1.165) is 56.8 Å². The van der Waals surface area contributed by atoms with Crippen LogP contribution in [0, 0.1) is 6.92 Å². The lowest BCUT2D eigenvalue weighted by atomic mass is 10.0. The highest BCUT2D eigenvalue weighted by Gasteiger charge is 2.30. The number of hydrogen-bond acceptors (Lipinski definition) is 3. The molecule has 1 aliphatic rings. The van der Waals surface area contributed by atoms with E-state index >= 15 is 0 Å². The van der Waals surface area contributed by atoms with Crippen LogP contribution >= 0.6 is 0 Å². The van der Waals surface area contributed by atoms with Crippen LogP contribution in [0.15, 0.2) is 84.9 Å². The van der Waals surface area contributed by atoms with Gasteiger partial charge in [-0.05, 0) is 60.7 Å². The number of carbonyl (C=O) groups excluding carboxylic acids is 1. The van der Waals surface area contributed by atoms with Crippen LogP contribution in [-0.4, -0.2) is 43.7 Å². The minimum atomic E-state index is -4.47. The van der Waals surface area contributed by atoms with E-state index in [1.165, 1.54) is 34.2 Å². The highest BCUT2D eigenvalue weighted by atomic mass is 19.4. The summed E-state index contributed by atoms with van der Waals surface area (Å²) in [6.45, 7) is 6.89. The van der Waals surface area contributed by atoms with E-state index in [0.29, 0.717) is 5.69 Å². The number of nitrogens with one attached hydrogen (secondary N) is 2. The standard InChI is InChI=1S/C31H31F3N4O/c1-22-11-12-28-24(19-22)6-3-10-29(28)38-17-15-37(16-18-38)14-13-23-5-2-8-26(20-23)35-30(39)36-27-9-4-7-25(21-27)31(32,33)34/h2-12,19-21H,13-18H2,1H3,(H2,35,36,39). The molecule has 0 bridgehead atoms. The predicted molar refractivity (Wildman–Crippen MR) is 152 cm³/mol. The summed E-state index contributed by atoms with van der Waals surface area (Å²) < 4.78 is 38.8. The maximum Gasteiger partial charge on any atom is 0.416 e. The minimum absolute atomic E-state index is 0.0798. The molecule has 4 aromatic carbocycles. The molecular formula is C31H31F3N4O. The molecule has 0 radical (unpaired) electrons. The van der Waals surface area contributed by atoms with Crippen molar-refractivity contribution < 1.29 is 18.0 Å². The smallest absolute Gasteiger partial charge is 0.368 e. The number of halogens is 3. The zero-order chi connectivity index (χ0) is 27.4. The molecule has 1 fully saturated rings. The van der Waals surface area contributed by atoms with Crippen molar-refractivity contribution in [1.82, 2.24) is 4.90 Å². The van der Waals surface area contributed by atoms with Crippen LogP contribution in [0.2, 0.25) is 0 Å². The molecule has 1 aliphatic heterocycles. The molecule has 0 unspecified atom stereocenters. The van der Waals surface area contributed by atoms with Crippen molar-refractivity contribution >= 4 is 33.9 Å². The number of urea groups is 1. The summed E-state index contributed by atoms with van der Waals surface area (Å²) in [6.07, 6.45) is -3.64. The van der Waals surface area contributed by atoms with Gasteiger partial charge in [-0.1, -0.05) is 54.1 Å². The molecular weight excluding hydrogens is 501 g/mol. The van der Waals surface area contributed by atoms with Gasteiger partial charge in [0.25, 0.3) is 0 Å². The quantitative estimate of drug-likeness (QED) is 0.277. The van der Waals surface area contributed by atoms with Crippen LogP contribution in [0.1, 0.15) is 16.7 Å². The number of aryl methyl sites for hydroxylation is 1. The summed E-state index contributed by atoms with van der Waals surface area (Å²) in [5.74, 6) is 0. The number of hydrogen-bond donors (Lipinski definition) is 2. The first kappa shape index (κ1) is 26.6. The second kappa shape index (κ2) is 11.4. The summed E-state index contributed by atoms with van der Waals surface area (Å²) in [5, 5.41) is 7.75. The van der Waals surface area contributed by atoms with E-state index in [9.17, 15) is 18.0 Å². The molecule has 0 atom stereocenters. The number of alkyl halides is 3. The lowest BCUT2D eigenvalue weighted by molar-refractivity contribution is -0.137. The van der Waals surface area contributed by atoms with Crippen LogP contribution in [0.4, 0.5) is 35.0 Å². The number of carbonyl (C=O) groups is 1. The Hall–Kier alpha value is -4.04. The fourth-order valence-electron chi connectivity index (χ4n) is 5.03. The molecule has 1 heterocycles. The zero-order valence-corrected chi connectivity index (χ0v) is 21.8. The Bertz CT molecular complexity index is 1460. The lowest BCUT2D eigenvalue weighted by Gasteiger charge is -2.36. The molecule has 5 rings (SSSR count). The molecule has 8 heteroatoms.